The number of esters is 1. The molecule has 0 aliphatic rings. The van der Waals surface area contributed by atoms with E-state index >= 15 is 0 Å². The van der Waals surface area contributed by atoms with Crippen molar-refractivity contribution in [3.05, 3.63) is 49.9 Å². The molecule has 10 heteroatoms. The molecule has 1 heterocycles. The van der Waals surface area contributed by atoms with Crippen molar-refractivity contribution in [2.45, 2.75) is 0 Å². The predicted octanol–water partition coefficient (Wildman–Crippen LogP) is 2.61. The Kier molecular flexibility index (Phi) is 5.17. The molecular weight excluding hydrogens is 378 g/mol. The number of hydrogen-bond donors (Lipinski definition) is 1. The number of amides is 1. The number of ether oxygens (including phenoxy) is 1. The van der Waals surface area contributed by atoms with Crippen LogP contribution in [0.4, 0.5) is 10.8 Å². The number of rotatable bonds is 5. The molecule has 2 aromatic rings. The molecule has 1 aromatic carbocycles. The molecule has 8 nitrogen and oxygen atoms in total. The minimum atomic E-state index is -0.745. The van der Waals surface area contributed by atoms with Crippen LogP contribution in [0.5, 0.6) is 0 Å². The lowest BCUT2D eigenvalue weighted by Gasteiger charge is -2.04. The molecule has 114 valence electrons. The van der Waals surface area contributed by atoms with Gasteiger partial charge in [-0.15, -0.1) is 0 Å². The van der Waals surface area contributed by atoms with Gasteiger partial charge in [-0.25, -0.2) is 9.78 Å². The Balaban J connectivity index is 1.86. The smallest absolute Gasteiger partial charge is 0.338 e. The van der Waals surface area contributed by atoms with Gasteiger partial charge in [0, 0.05) is 12.1 Å². The first kappa shape index (κ1) is 16.0. The van der Waals surface area contributed by atoms with Gasteiger partial charge in [-0.2, -0.15) is 0 Å². The number of non-ortho nitro benzene ring substituents is 1. The summed E-state index contributed by atoms with van der Waals surface area (Å²) in [5.41, 5.74) is -0.0148. The third-order valence-electron chi connectivity index (χ3n) is 2.37. The van der Waals surface area contributed by atoms with Crippen molar-refractivity contribution in [3.63, 3.8) is 0 Å². The highest BCUT2D eigenvalue weighted by atomic mass is 79.9. The first-order chi connectivity index (χ1) is 10.5. The highest BCUT2D eigenvalue weighted by Gasteiger charge is 2.13. The van der Waals surface area contributed by atoms with E-state index in [0.717, 1.165) is 3.79 Å². The highest BCUT2D eigenvalue weighted by Crippen LogP contribution is 2.22. The molecule has 0 spiro atoms. The molecule has 1 aromatic heterocycles. The summed E-state index contributed by atoms with van der Waals surface area (Å²) in [6, 6.07) is 4.89. The van der Waals surface area contributed by atoms with Crippen LogP contribution in [-0.4, -0.2) is 28.4 Å². The molecule has 1 amide bonds. The maximum absolute atomic E-state index is 11.7. The van der Waals surface area contributed by atoms with E-state index < -0.39 is 23.4 Å². The van der Waals surface area contributed by atoms with Gasteiger partial charge in [0.25, 0.3) is 11.6 Å². The Bertz CT molecular complexity index is 716. The molecular formula is C12H8BrN3O5S. The first-order valence-electron chi connectivity index (χ1n) is 5.78. The summed E-state index contributed by atoms with van der Waals surface area (Å²) in [5.74, 6) is -1.28. The Morgan fingerprint density at radius 3 is 2.59 bits per heavy atom. The van der Waals surface area contributed by atoms with Crippen molar-refractivity contribution in [2.75, 3.05) is 11.9 Å². The van der Waals surface area contributed by atoms with E-state index in [0.29, 0.717) is 5.13 Å². The van der Waals surface area contributed by atoms with Crippen molar-refractivity contribution in [1.29, 1.82) is 0 Å². The van der Waals surface area contributed by atoms with E-state index in [4.69, 9.17) is 4.74 Å². The number of nitrogens with zero attached hydrogens (tertiary/aromatic N) is 2. The van der Waals surface area contributed by atoms with Gasteiger partial charge in [-0.3, -0.25) is 20.2 Å². The second-order valence-corrected chi connectivity index (χ2v) is 6.31. The lowest BCUT2D eigenvalue weighted by atomic mass is 10.2. The van der Waals surface area contributed by atoms with Crippen LogP contribution >= 0.6 is 27.3 Å². The molecule has 0 bridgehead atoms. The lowest BCUT2D eigenvalue weighted by molar-refractivity contribution is -0.384. The number of nitrogens with one attached hydrogen (secondary N) is 1. The fourth-order valence-corrected chi connectivity index (χ4v) is 2.52. The van der Waals surface area contributed by atoms with E-state index in [-0.39, 0.29) is 11.3 Å². The van der Waals surface area contributed by atoms with Crippen LogP contribution in [0.25, 0.3) is 0 Å². The fourth-order valence-electron chi connectivity index (χ4n) is 1.40. The summed E-state index contributed by atoms with van der Waals surface area (Å²) in [7, 11) is 0. The molecule has 0 saturated carbocycles. The second kappa shape index (κ2) is 7.09. The van der Waals surface area contributed by atoms with Gasteiger partial charge >= 0.3 is 5.97 Å². The number of nitro groups is 1. The summed E-state index contributed by atoms with van der Waals surface area (Å²) in [6.07, 6.45) is 1.53. The van der Waals surface area contributed by atoms with Gasteiger partial charge in [0.2, 0.25) is 0 Å². The Hall–Kier alpha value is -2.33. The van der Waals surface area contributed by atoms with Crippen molar-refractivity contribution < 1.29 is 19.2 Å². The molecule has 0 fully saturated rings. The van der Waals surface area contributed by atoms with E-state index in [2.05, 4.69) is 26.2 Å². The standard InChI is InChI=1S/C12H8BrN3O5S/c13-9-5-14-12(22-9)15-10(17)6-21-11(18)7-1-3-8(4-2-7)16(19)20/h1-5H,6H2,(H,14,15,17). The number of hydrogen-bond acceptors (Lipinski definition) is 7. The molecule has 0 aliphatic heterocycles. The van der Waals surface area contributed by atoms with Gasteiger partial charge in [-0.05, 0) is 28.1 Å². The van der Waals surface area contributed by atoms with Crippen LogP contribution in [0.15, 0.2) is 34.2 Å². The summed E-state index contributed by atoms with van der Waals surface area (Å²) in [5, 5.41) is 13.3. The summed E-state index contributed by atoms with van der Waals surface area (Å²) < 4.78 is 5.57. The maximum atomic E-state index is 11.7. The zero-order chi connectivity index (χ0) is 16.1. The van der Waals surface area contributed by atoms with Crippen LogP contribution in [0.1, 0.15) is 10.4 Å². The first-order valence-corrected chi connectivity index (χ1v) is 7.39. The highest BCUT2D eigenvalue weighted by molar-refractivity contribution is 9.11. The van der Waals surface area contributed by atoms with E-state index in [9.17, 15) is 19.7 Å². The monoisotopic (exact) mass is 385 g/mol. The molecule has 0 atom stereocenters. The zero-order valence-electron chi connectivity index (χ0n) is 10.8. The maximum Gasteiger partial charge on any atom is 0.338 e. The summed E-state index contributed by atoms with van der Waals surface area (Å²) >= 11 is 4.42. The molecule has 2 rings (SSSR count). The summed E-state index contributed by atoms with van der Waals surface area (Å²) in [6.45, 7) is -0.479. The average Bonchev–Trinajstić information content (AvgIpc) is 2.90. The van der Waals surface area contributed by atoms with Gasteiger partial charge in [0.1, 0.15) is 0 Å². The Morgan fingerprint density at radius 2 is 2.05 bits per heavy atom. The van der Waals surface area contributed by atoms with Crippen molar-refractivity contribution in [1.82, 2.24) is 4.98 Å². The fraction of sp³-hybridized carbons (Fsp3) is 0.0833. The number of carbonyl (C=O) groups is 2. The molecule has 0 radical (unpaired) electrons. The lowest BCUT2D eigenvalue weighted by Crippen LogP contribution is -2.20. The van der Waals surface area contributed by atoms with Crippen LogP contribution in [0.3, 0.4) is 0 Å². The third kappa shape index (κ3) is 4.33. The van der Waals surface area contributed by atoms with Crippen LogP contribution in [0.2, 0.25) is 0 Å². The molecule has 0 saturated heterocycles. The van der Waals surface area contributed by atoms with Crippen molar-refractivity contribution >= 4 is 50.0 Å². The minimum Gasteiger partial charge on any atom is -0.452 e. The average molecular weight is 386 g/mol. The Morgan fingerprint density at radius 1 is 1.36 bits per heavy atom. The number of aromatic nitrogens is 1. The number of nitro benzene ring substituents is 1. The number of anilines is 1. The van der Waals surface area contributed by atoms with E-state index in [1.165, 1.54) is 41.8 Å². The second-order valence-electron chi connectivity index (χ2n) is 3.90. The predicted molar refractivity (Wildman–Crippen MR) is 81.8 cm³/mol. The van der Waals surface area contributed by atoms with Crippen LogP contribution in [-0.2, 0) is 9.53 Å². The number of carbonyl (C=O) groups excluding carboxylic acids is 2. The van der Waals surface area contributed by atoms with Crippen molar-refractivity contribution in [3.8, 4) is 0 Å². The number of halogens is 1. The third-order valence-corrected chi connectivity index (χ3v) is 3.76. The molecule has 0 unspecified atom stereocenters. The van der Waals surface area contributed by atoms with Crippen LogP contribution < -0.4 is 5.32 Å². The van der Waals surface area contributed by atoms with Gasteiger partial charge in [0.05, 0.1) is 20.5 Å². The van der Waals surface area contributed by atoms with Gasteiger partial charge in [0.15, 0.2) is 11.7 Å². The summed E-state index contributed by atoms with van der Waals surface area (Å²) in [4.78, 5) is 37.1. The normalized spacial score (nSPS) is 10.0. The Labute approximate surface area is 136 Å². The van der Waals surface area contributed by atoms with Crippen LogP contribution in [0, 0.1) is 10.1 Å². The molecule has 0 aliphatic carbocycles. The molecule has 1 N–H and O–H groups in total. The SMILES string of the molecule is O=C(COC(=O)c1ccc([N+](=O)[O-])cc1)Nc1ncc(Br)s1. The van der Waals surface area contributed by atoms with Gasteiger partial charge < -0.3 is 4.74 Å². The molecule has 22 heavy (non-hydrogen) atoms. The van der Waals surface area contributed by atoms with Gasteiger partial charge in [-0.1, -0.05) is 11.3 Å². The van der Waals surface area contributed by atoms with E-state index in [1.54, 1.807) is 0 Å². The van der Waals surface area contributed by atoms with E-state index in [1.807, 2.05) is 0 Å². The van der Waals surface area contributed by atoms with Crippen molar-refractivity contribution in [2.24, 2.45) is 0 Å². The topological polar surface area (TPSA) is 111 Å². The number of benzene rings is 1. The minimum absolute atomic E-state index is 0.121. The zero-order valence-corrected chi connectivity index (χ0v) is 13.2. The quantitative estimate of drug-likeness (QED) is 0.480. The number of thiazole rings is 1. The largest absolute Gasteiger partial charge is 0.452 e.